The predicted molar refractivity (Wildman–Crippen MR) is 59.9 cm³/mol. The number of H-pyrrole nitrogens is 1. The van der Waals surface area contributed by atoms with Crippen molar-refractivity contribution in [3.63, 3.8) is 0 Å². The second kappa shape index (κ2) is 4.23. The number of nitrogens with one attached hydrogen (secondary N) is 1. The molecule has 1 unspecified atom stereocenters. The summed E-state index contributed by atoms with van der Waals surface area (Å²) in [4.78, 5) is 11.7. The normalized spacial score (nSPS) is 19.6. The van der Waals surface area contributed by atoms with Crippen molar-refractivity contribution < 1.29 is 0 Å². The van der Waals surface area contributed by atoms with Crippen LogP contribution in [0, 0.1) is 0 Å². The van der Waals surface area contributed by atoms with Gasteiger partial charge in [-0.3, -0.25) is 9.89 Å². The van der Waals surface area contributed by atoms with Gasteiger partial charge < -0.3 is 5.73 Å². The lowest BCUT2D eigenvalue weighted by molar-refractivity contribution is 0.450. The smallest absolute Gasteiger partial charge is 0.266 e. The summed E-state index contributed by atoms with van der Waals surface area (Å²) < 4.78 is 1.78. The Morgan fingerprint density at radius 2 is 2.27 bits per heavy atom. The van der Waals surface area contributed by atoms with Crippen LogP contribution in [0.5, 0.6) is 0 Å². The number of aromatic amines is 1. The van der Waals surface area contributed by atoms with Gasteiger partial charge in [0.2, 0.25) is 0 Å². The van der Waals surface area contributed by atoms with E-state index in [2.05, 4.69) is 5.10 Å². The molecule has 0 spiro atoms. The summed E-state index contributed by atoms with van der Waals surface area (Å²) in [5, 5.41) is 3.18. The summed E-state index contributed by atoms with van der Waals surface area (Å²) in [6, 6.07) is 2.17. The first-order valence-corrected chi connectivity index (χ1v) is 5.73. The third-order valence-electron chi connectivity index (χ3n) is 3.03. The van der Waals surface area contributed by atoms with E-state index in [9.17, 15) is 4.79 Å². The van der Waals surface area contributed by atoms with E-state index in [0.29, 0.717) is 6.04 Å². The quantitative estimate of drug-likeness (QED) is 0.785. The Morgan fingerprint density at radius 1 is 1.60 bits per heavy atom. The molecule has 0 amide bonds. The molecule has 1 aliphatic rings. The topological polar surface area (TPSA) is 63.8 Å². The van der Waals surface area contributed by atoms with E-state index in [1.165, 1.54) is 12.8 Å². The molecule has 0 aromatic carbocycles. The van der Waals surface area contributed by atoms with Gasteiger partial charge in [-0.15, -0.1) is 0 Å². The van der Waals surface area contributed by atoms with Gasteiger partial charge in [-0.2, -0.15) is 0 Å². The molecule has 4 nitrogen and oxygen atoms in total. The zero-order chi connectivity index (χ0) is 10.8. The SMILES string of the molecule is CC(N)Cc1cc(=O)n(C2CCCC2)[nH]1. The highest BCUT2D eigenvalue weighted by molar-refractivity contribution is 5.02. The first-order chi connectivity index (χ1) is 7.16. The third-order valence-corrected chi connectivity index (χ3v) is 3.03. The summed E-state index contributed by atoms with van der Waals surface area (Å²) in [5.74, 6) is 0. The molecular weight excluding hydrogens is 190 g/mol. The fraction of sp³-hybridized carbons (Fsp3) is 0.727. The van der Waals surface area contributed by atoms with Crippen LogP contribution in [-0.2, 0) is 6.42 Å². The number of hydrogen-bond acceptors (Lipinski definition) is 2. The molecule has 1 aliphatic carbocycles. The van der Waals surface area contributed by atoms with Crippen molar-refractivity contribution in [3.8, 4) is 0 Å². The number of nitrogens with two attached hydrogens (primary N) is 1. The highest BCUT2D eigenvalue weighted by Crippen LogP contribution is 2.27. The Bertz CT molecular complexity index is 371. The van der Waals surface area contributed by atoms with Crippen LogP contribution in [-0.4, -0.2) is 15.8 Å². The molecule has 2 rings (SSSR count). The van der Waals surface area contributed by atoms with E-state index in [0.717, 1.165) is 25.0 Å². The highest BCUT2D eigenvalue weighted by atomic mass is 16.1. The second-order valence-electron chi connectivity index (χ2n) is 4.61. The average molecular weight is 209 g/mol. The first-order valence-electron chi connectivity index (χ1n) is 5.73. The van der Waals surface area contributed by atoms with Crippen LogP contribution in [0.15, 0.2) is 10.9 Å². The zero-order valence-electron chi connectivity index (χ0n) is 9.20. The standard InChI is InChI=1S/C11H19N3O/c1-8(12)6-9-7-11(15)14(13-9)10-4-2-3-5-10/h7-8,10,13H,2-6,12H2,1H3. The fourth-order valence-corrected chi connectivity index (χ4v) is 2.35. The molecule has 1 saturated carbocycles. The van der Waals surface area contributed by atoms with Crippen LogP contribution < -0.4 is 11.3 Å². The van der Waals surface area contributed by atoms with Gasteiger partial charge in [-0.1, -0.05) is 12.8 Å². The number of hydrogen-bond donors (Lipinski definition) is 2. The Labute approximate surface area is 89.5 Å². The molecule has 1 atom stereocenters. The summed E-state index contributed by atoms with van der Waals surface area (Å²) in [6.45, 7) is 1.95. The van der Waals surface area contributed by atoms with Gasteiger partial charge in [0.25, 0.3) is 5.56 Å². The average Bonchev–Trinajstić information content (AvgIpc) is 2.72. The Kier molecular flexibility index (Phi) is 2.95. The van der Waals surface area contributed by atoms with Crippen molar-refractivity contribution in [3.05, 3.63) is 22.1 Å². The summed E-state index contributed by atoms with van der Waals surface area (Å²) in [5.41, 5.74) is 6.76. The van der Waals surface area contributed by atoms with Crippen molar-refractivity contribution in [2.45, 2.75) is 51.1 Å². The van der Waals surface area contributed by atoms with E-state index in [4.69, 9.17) is 5.73 Å². The van der Waals surface area contributed by atoms with Gasteiger partial charge in [0.15, 0.2) is 0 Å². The second-order valence-corrected chi connectivity index (χ2v) is 4.61. The molecule has 1 aromatic rings. The van der Waals surface area contributed by atoms with Gasteiger partial charge in [0.05, 0.1) is 6.04 Å². The summed E-state index contributed by atoms with van der Waals surface area (Å²) in [6.07, 6.45) is 5.46. The molecule has 1 heterocycles. The molecule has 15 heavy (non-hydrogen) atoms. The van der Waals surface area contributed by atoms with Crippen molar-refractivity contribution in [2.75, 3.05) is 0 Å². The van der Waals surface area contributed by atoms with Crippen LogP contribution in [0.2, 0.25) is 0 Å². The number of rotatable bonds is 3. The molecule has 0 radical (unpaired) electrons. The van der Waals surface area contributed by atoms with Crippen LogP contribution in [0.1, 0.15) is 44.3 Å². The molecular formula is C11H19N3O. The minimum absolute atomic E-state index is 0.0950. The van der Waals surface area contributed by atoms with Crippen molar-refractivity contribution in [1.29, 1.82) is 0 Å². The minimum atomic E-state index is 0.0950. The molecule has 1 fully saturated rings. The lowest BCUT2D eigenvalue weighted by Crippen LogP contribution is -2.20. The van der Waals surface area contributed by atoms with Crippen LogP contribution in [0.4, 0.5) is 0 Å². The molecule has 84 valence electrons. The van der Waals surface area contributed by atoms with Gasteiger partial charge in [0, 0.05) is 24.2 Å². The van der Waals surface area contributed by atoms with E-state index >= 15 is 0 Å². The zero-order valence-corrected chi connectivity index (χ0v) is 9.20. The van der Waals surface area contributed by atoms with E-state index in [1.807, 2.05) is 6.92 Å². The van der Waals surface area contributed by atoms with Crippen LogP contribution in [0.3, 0.4) is 0 Å². The maximum Gasteiger partial charge on any atom is 0.266 e. The number of nitrogens with zero attached hydrogens (tertiary/aromatic N) is 1. The van der Waals surface area contributed by atoms with Crippen molar-refractivity contribution in [2.24, 2.45) is 5.73 Å². The summed E-state index contributed by atoms with van der Waals surface area (Å²) in [7, 11) is 0. The molecule has 4 heteroatoms. The Morgan fingerprint density at radius 3 is 2.87 bits per heavy atom. The molecule has 0 bridgehead atoms. The molecule has 3 N–H and O–H groups in total. The molecule has 1 aromatic heterocycles. The van der Waals surface area contributed by atoms with Crippen molar-refractivity contribution >= 4 is 0 Å². The number of aromatic nitrogens is 2. The van der Waals surface area contributed by atoms with Gasteiger partial charge in [-0.25, -0.2) is 4.68 Å². The monoisotopic (exact) mass is 209 g/mol. The van der Waals surface area contributed by atoms with E-state index in [-0.39, 0.29) is 11.6 Å². The van der Waals surface area contributed by atoms with E-state index < -0.39 is 0 Å². The van der Waals surface area contributed by atoms with Gasteiger partial charge in [-0.05, 0) is 19.8 Å². The van der Waals surface area contributed by atoms with Crippen molar-refractivity contribution in [1.82, 2.24) is 9.78 Å². The minimum Gasteiger partial charge on any atom is -0.328 e. The fourth-order valence-electron chi connectivity index (χ4n) is 2.35. The van der Waals surface area contributed by atoms with Crippen LogP contribution in [0.25, 0.3) is 0 Å². The van der Waals surface area contributed by atoms with Gasteiger partial charge in [0.1, 0.15) is 0 Å². The summed E-state index contributed by atoms with van der Waals surface area (Å²) >= 11 is 0. The largest absolute Gasteiger partial charge is 0.328 e. The van der Waals surface area contributed by atoms with Gasteiger partial charge >= 0.3 is 0 Å². The lowest BCUT2D eigenvalue weighted by atomic mass is 10.2. The molecule has 0 saturated heterocycles. The maximum atomic E-state index is 11.7. The third kappa shape index (κ3) is 2.31. The van der Waals surface area contributed by atoms with E-state index in [1.54, 1.807) is 10.7 Å². The lowest BCUT2D eigenvalue weighted by Gasteiger charge is -2.10. The molecule has 0 aliphatic heterocycles. The van der Waals surface area contributed by atoms with Crippen LogP contribution >= 0.6 is 0 Å². The predicted octanol–water partition coefficient (Wildman–Crippen LogP) is 1.18. The Balaban J connectivity index is 2.17. The highest BCUT2D eigenvalue weighted by Gasteiger charge is 2.19. The Hall–Kier alpha value is -1.03. The maximum absolute atomic E-state index is 11.7. The first kappa shape index (κ1) is 10.5.